The fraction of sp³-hybridized carbons (Fsp3) is 0.286. The van der Waals surface area contributed by atoms with Gasteiger partial charge in [0.05, 0.1) is 15.5 Å². The van der Waals surface area contributed by atoms with E-state index in [1.807, 2.05) is 25.1 Å². The first kappa shape index (κ1) is 21.2. The predicted octanol–water partition coefficient (Wildman–Crippen LogP) is 4.04. The molecule has 0 bridgehead atoms. The van der Waals surface area contributed by atoms with Crippen molar-refractivity contribution in [1.82, 2.24) is 14.3 Å². The van der Waals surface area contributed by atoms with Crippen LogP contribution in [-0.4, -0.2) is 50.8 Å². The molecular formula is C21H20ClN5O3S. The van der Waals surface area contributed by atoms with Crippen molar-refractivity contribution in [3.05, 3.63) is 80.6 Å². The van der Waals surface area contributed by atoms with Crippen molar-refractivity contribution in [2.24, 2.45) is 0 Å². The van der Waals surface area contributed by atoms with E-state index >= 15 is 0 Å². The summed E-state index contributed by atoms with van der Waals surface area (Å²) in [6.45, 7) is 3.72. The SMILES string of the molecule is CC1CN(c2nc(Cc3ccccc3)ns2)CCN1C(=O)c1ccc([N+](=O)[O-])cc1Cl. The van der Waals surface area contributed by atoms with E-state index in [1.54, 1.807) is 4.90 Å². The second-order valence-electron chi connectivity index (χ2n) is 7.37. The Balaban J connectivity index is 1.42. The number of halogens is 1. The number of nitro benzene ring substituents is 1. The number of rotatable bonds is 5. The average molecular weight is 458 g/mol. The number of nitrogens with zero attached hydrogens (tertiary/aromatic N) is 5. The number of anilines is 1. The average Bonchev–Trinajstić information content (AvgIpc) is 3.22. The summed E-state index contributed by atoms with van der Waals surface area (Å²) in [5, 5.41) is 11.8. The Hall–Kier alpha value is -3.04. The monoisotopic (exact) mass is 457 g/mol. The van der Waals surface area contributed by atoms with Crippen LogP contribution in [-0.2, 0) is 6.42 Å². The van der Waals surface area contributed by atoms with Crippen molar-refractivity contribution in [1.29, 1.82) is 0 Å². The van der Waals surface area contributed by atoms with Crippen LogP contribution in [0.5, 0.6) is 0 Å². The smallest absolute Gasteiger partial charge is 0.270 e. The maximum Gasteiger partial charge on any atom is 0.270 e. The summed E-state index contributed by atoms with van der Waals surface area (Å²) in [6.07, 6.45) is 0.685. The largest absolute Gasteiger partial charge is 0.343 e. The molecule has 0 spiro atoms. The van der Waals surface area contributed by atoms with E-state index < -0.39 is 4.92 Å². The summed E-state index contributed by atoms with van der Waals surface area (Å²) in [7, 11) is 0. The summed E-state index contributed by atoms with van der Waals surface area (Å²) in [4.78, 5) is 31.9. The molecule has 0 saturated carbocycles. The molecule has 1 aliphatic rings. The lowest BCUT2D eigenvalue weighted by Gasteiger charge is -2.39. The van der Waals surface area contributed by atoms with Crippen molar-refractivity contribution in [3.63, 3.8) is 0 Å². The summed E-state index contributed by atoms with van der Waals surface area (Å²) >= 11 is 7.52. The molecule has 4 rings (SSSR count). The fourth-order valence-corrected chi connectivity index (χ4v) is 4.58. The van der Waals surface area contributed by atoms with Crippen molar-refractivity contribution >= 4 is 39.9 Å². The first-order valence-electron chi connectivity index (χ1n) is 9.78. The van der Waals surface area contributed by atoms with Crippen molar-refractivity contribution in [2.45, 2.75) is 19.4 Å². The highest BCUT2D eigenvalue weighted by molar-refractivity contribution is 7.09. The van der Waals surface area contributed by atoms with E-state index in [2.05, 4.69) is 26.4 Å². The highest BCUT2D eigenvalue weighted by Gasteiger charge is 2.31. The zero-order chi connectivity index (χ0) is 22.0. The molecule has 1 fully saturated rings. The Kier molecular flexibility index (Phi) is 6.15. The van der Waals surface area contributed by atoms with E-state index in [0.717, 1.165) is 16.5 Å². The molecule has 1 saturated heterocycles. The van der Waals surface area contributed by atoms with Crippen LogP contribution in [0.25, 0.3) is 0 Å². The maximum atomic E-state index is 13.0. The third-order valence-electron chi connectivity index (χ3n) is 5.22. The zero-order valence-electron chi connectivity index (χ0n) is 16.8. The van der Waals surface area contributed by atoms with Gasteiger partial charge in [-0.3, -0.25) is 14.9 Å². The standard InChI is InChI=1S/C21H20ClN5O3S/c1-14-13-25(21-23-19(24-31-21)11-15-5-3-2-4-6-15)9-10-26(14)20(28)17-8-7-16(27(29)30)12-18(17)22/h2-8,12,14H,9-11,13H2,1H3. The lowest BCUT2D eigenvalue weighted by molar-refractivity contribution is -0.384. The van der Waals surface area contributed by atoms with Gasteiger partial charge in [-0.05, 0) is 18.6 Å². The highest BCUT2D eigenvalue weighted by Crippen LogP contribution is 2.27. The Labute approximate surface area is 188 Å². The highest BCUT2D eigenvalue weighted by atomic mass is 35.5. The van der Waals surface area contributed by atoms with Gasteiger partial charge >= 0.3 is 0 Å². The summed E-state index contributed by atoms with van der Waals surface area (Å²) in [5.74, 6) is 0.559. The topological polar surface area (TPSA) is 92.5 Å². The van der Waals surface area contributed by atoms with Gasteiger partial charge in [0.25, 0.3) is 11.6 Å². The van der Waals surface area contributed by atoms with E-state index in [4.69, 9.17) is 11.6 Å². The van der Waals surface area contributed by atoms with Crippen LogP contribution >= 0.6 is 23.1 Å². The number of non-ortho nitro benzene ring substituents is 1. The number of piperazine rings is 1. The molecule has 0 aliphatic carbocycles. The number of amides is 1. The quantitative estimate of drug-likeness (QED) is 0.424. The minimum Gasteiger partial charge on any atom is -0.343 e. The van der Waals surface area contributed by atoms with E-state index in [1.165, 1.54) is 29.7 Å². The van der Waals surface area contributed by atoms with Gasteiger partial charge in [-0.1, -0.05) is 41.9 Å². The molecule has 0 N–H and O–H groups in total. The minimum absolute atomic E-state index is 0.0750. The second kappa shape index (κ2) is 8.99. The number of benzene rings is 2. The molecule has 10 heteroatoms. The van der Waals surface area contributed by atoms with E-state index in [-0.39, 0.29) is 28.2 Å². The molecule has 3 aromatic rings. The van der Waals surface area contributed by atoms with E-state index in [0.29, 0.717) is 26.1 Å². The zero-order valence-corrected chi connectivity index (χ0v) is 18.3. The lowest BCUT2D eigenvalue weighted by atomic mass is 10.1. The van der Waals surface area contributed by atoms with Crippen LogP contribution in [0.1, 0.15) is 28.7 Å². The molecule has 1 aromatic heterocycles. The van der Waals surface area contributed by atoms with Gasteiger partial charge < -0.3 is 9.80 Å². The third-order valence-corrected chi connectivity index (χ3v) is 6.34. The van der Waals surface area contributed by atoms with Crippen LogP contribution in [0.15, 0.2) is 48.5 Å². The van der Waals surface area contributed by atoms with Gasteiger partial charge in [0.15, 0.2) is 0 Å². The summed E-state index contributed by atoms with van der Waals surface area (Å²) in [6, 6.07) is 13.9. The molecule has 1 atom stereocenters. The van der Waals surface area contributed by atoms with Crippen LogP contribution in [0.2, 0.25) is 5.02 Å². The molecule has 2 heterocycles. The molecule has 0 radical (unpaired) electrons. The second-order valence-corrected chi connectivity index (χ2v) is 8.51. The number of carbonyl (C=O) groups is 1. The first-order valence-corrected chi connectivity index (χ1v) is 10.9. The van der Waals surface area contributed by atoms with Crippen LogP contribution in [0.4, 0.5) is 10.8 Å². The molecule has 1 amide bonds. The van der Waals surface area contributed by atoms with Gasteiger partial charge in [0.1, 0.15) is 5.82 Å². The van der Waals surface area contributed by atoms with E-state index in [9.17, 15) is 14.9 Å². The third kappa shape index (κ3) is 4.67. The molecule has 8 nitrogen and oxygen atoms in total. The van der Waals surface area contributed by atoms with Crippen molar-refractivity contribution in [3.8, 4) is 0 Å². The first-order chi connectivity index (χ1) is 14.9. The normalized spacial score (nSPS) is 16.4. The molecule has 31 heavy (non-hydrogen) atoms. The van der Waals surface area contributed by atoms with Crippen LogP contribution in [0.3, 0.4) is 0 Å². The maximum absolute atomic E-state index is 13.0. The number of hydrogen-bond acceptors (Lipinski definition) is 7. The molecule has 1 unspecified atom stereocenters. The Morgan fingerprint density at radius 2 is 2.03 bits per heavy atom. The summed E-state index contributed by atoms with van der Waals surface area (Å²) < 4.78 is 4.48. The fourth-order valence-electron chi connectivity index (χ4n) is 3.60. The van der Waals surface area contributed by atoms with Gasteiger partial charge in [-0.2, -0.15) is 4.37 Å². The number of hydrogen-bond donors (Lipinski definition) is 0. The van der Waals surface area contributed by atoms with Gasteiger partial charge in [0, 0.05) is 55.8 Å². The number of nitro groups is 1. The Morgan fingerprint density at radius 3 is 2.71 bits per heavy atom. The number of aromatic nitrogens is 2. The lowest BCUT2D eigenvalue weighted by Crippen LogP contribution is -2.54. The van der Waals surface area contributed by atoms with Gasteiger partial charge in [-0.15, -0.1) is 0 Å². The molecule has 1 aliphatic heterocycles. The summed E-state index contributed by atoms with van der Waals surface area (Å²) in [5.41, 5.74) is 1.30. The van der Waals surface area contributed by atoms with Crippen LogP contribution in [0, 0.1) is 10.1 Å². The molecular weight excluding hydrogens is 438 g/mol. The van der Waals surface area contributed by atoms with Crippen LogP contribution < -0.4 is 4.90 Å². The van der Waals surface area contributed by atoms with Crippen molar-refractivity contribution in [2.75, 3.05) is 24.5 Å². The number of carbonyl (C=O) groups excluding carboxylic acids is 1. The Bertz CT molecular complexity index is 1110. The van der Waals surface area contributed by atoms with Crippen molar-refractivity contribution < 1.29 is 9.72 Å². The predicted molar refractivity (Wildman–Crippen MR) is 120 cm³/mol. The molecule has 2 aromatic carbocycles. The molecule has 160 valence electrons. The Morgan fingerprint density at radius 1 is 1.26 bits per heavy atom. The van der Waals surface area contributed by atoms with Gasteiger partial charge in [0.2, 0.25) is 5.13 Å². The van der Waals surface area contributed by atoms with Gasteiger partial charge in [-0.25, -0.2) is 4.98 Å². The minimum atomic E-state index is -0.532.